The predicted octanol–water partition coefficient (Wildman–Crippen LogP) is 7.26. The minimum Gasteiger partial charge on any atom is -0.465 e. The Morgan fingerprint density at radius 1 is 1.00 bits per heavy atom. The summed E-state index contributed by atoms with van der Waals surface area (Å²) in [6.45, 7) is 9.24. The van der Waals surface area contributed by atoms with E-state index in [4.69, 9.17) is 9.47 Å². The van der Waals surface area contributed by atoms with Crippen LogP contribution in [0.3, 0.4) is 0 Å². The Labute approximate surface area is 209 Å². The highest BCUT2D eigenvalue weighted by atomic mass is 32.2. The van der Waals surface area contributed by atoms with Crippen LogP contribution < -0.4 is 0 Å². The fourth-order valence-corrected chi connectivity index (χ4v) is 4.36. The van der Waals surface area contributed by atoms with Crippen molar-refractivity contribution in [3.05, 3.63) is 47.8 Å². The number of carbonyl (C=O) groups is 2. The SMILES string of the molecule is CCCCOC(=O)c1cc(SCCC(=O)OCC(CC)CCCC)cc(-c2ccc(C)nc2)c1. The van der Waals surface area contributed by atoms with E-state index >= 15 is 0 Å². The monoisotopic (exact) mass is 485 g/mol. The Balaban J connectivity index is 2.02. The standard InChI is InChI=1S/C28H39NO4S/c1-5-8-10-22(7-3)20-33-27(30)13-15-34-26-17-24(23-12-11-21(4)29-19-23)16-25(18-26)28(31)32-14-9-6-2/h11-12,16-19,22H,5-10,13-15,20H2,1-4H3. The maximum atomic E-state index is 12.6. The third-order valence-electron chi connectivity index (χ3n) is 5.72. The molecule has 0 aliphatic carbocycles. The van der Waals surface area contributed by atoms with Crippen LogP contribution in [0.25, 0.3) is 11.1 Å². The van der Waals surface area contributed by atoms with E-state index in [1.807, 2.05) is 43.5 Å². The van der Waals surface area contributed by atoms with E-state index < -0.39 is 0 Å². The van der Waals surface area contributed by atoms with Crippen LogP contribution in [0.4, 0.5) is 0 Å². The summed E-state index contributed by atoms with van der Waals surface area (Å²) in [5.74, 6) is 0.539. The number of hydrogen-bond acceptors (Lipinski definition) is 6. The molecule has 0 aliphatic rings. The molecule has 0 fully saturated rings. The van der Waals surface area contributed by atoms with Crippen LogP contribution in [0.2, 0.25) is 0 Å². The fourth-order valence-electron chi connectivity index (χ4n) is 3.43. The van der Waals surface area contributed by atoms with Gasteiger partial charge in [0.05, 0.1) is 25.2 Å². The molecule has 6 heteroatoms. The average molecular weight is 486 g/mol. The third kappa shape index (κ3) is 9.88. The largest absolute Gasteiger partial charge is 0.465 e. The van der Waals surface area contributed by atoms with Gasteiger partial charge in [-0.1, -0.05) is 52.5 Å². The van der Waals surface area contributed by atoms with Gasteiger partial charge in [-0.3, -0.25) is 9.78 Å². The summed E-state index contributed by atoms with van der Waals surface area (Å²) in [5, 5.41) is 0. The quantitative estimate of drug-likeness (QED) is 0.150. The Morgan fingerprint density at radius 3 is 2.47 bits per heavy atom. The molecule has 0 radical (unpaired) electrons. The van der Waals surface area contributed by atoms with Crippen molar-refractivity contribution in [3.63, 3.8) is 0 Å². The molecule has 0 saturated heterocycles. The highest BCUT2D eigenvalue weighted by molar-refractivity contribution is 7.99. The zero-order valence-corrected chi connectivity index (χ0v) is 21.9. The van der Waals surface area contributed by atoms with Crippen molar-refractivity contribution >= 4 is 23.7 Å². The minimum atomic E-state index is -0.325. The van der Waals surface area contributed by atoms with Gasteiger partial charge in [-0.25, -0.2) is 4.79 Å². The van der Waals surface area contributed by atoms with Gasteiger partial charge in [-0.2, -0.15) is 0 Å². The predicted molar refractivity (Wildman–Crippen MR) is 139 cm³/mol. The minimum absolute atomic E-state index is 0.166. The van der Waals surface area contributed by atoms with Gasteiger partial charge in [-0.05, 0) is 55.5 Å². The van der Waals surface area contributed by atoms with Gasteiger partial charge in [-0.15, -0.1) is 11.8 Å². The number of aryl methyl sites for hydroxylation is 1. The van der Waals surface area contributed by atoms with E-state index in [1.54, 1.807) is 11.8 Å². The first-order valence-corrected chi connectivity index (χ1v) is 13.5. The number of pyridine rings is 1. The number of aromatic nitrogens is 1. The van der Waals surface area contributed by atoms with Crippen molar-refractivity contribution in [2.24, 2.45) is 5.92 Å². The summed E-state index contributed by atoms with van der Waals surface area (Å²) >= 11 is 1.55. The summed E-state index contributed by atoms with van der Waals surface area (Å²) in [4.78, 5) is 30.2. The smallest absolute Gasteiger partial charge is 0.338 e. The lowest BCUT2D eigenvalue weighted by Crippen LogP contribution is -2.14. The van der Waals surface area contributed by atoms with Gasteiger partial charge in [0.1, 0.15) is 0 Å². The highest BCUT2D eigenvalue weighted by Gasteiger charge is 2.14. The summed E-state index contributed by atoms with van der Waals surface area (Å²) < 4.78 is 10.9. The number of ether oxygens (including phenoxy) is 2. The number of unbranched alkanes of at least 4 members (excludes halogenated alkanes) is 2. The zero-order valence-electron chi connectivity index (χ0n) is 21.1. The highest BCUT2D eigenvalue weighted by Crippen LogP contribution is 2.29. The second-order valence-corrected chi connectivity index (χ2v) is 9.79. The number of nitrogens with zero attached hydrogens (tertiary/aromatic N) is 1. The fraction of sp³-hybridized carbons (Fsp3) is 0.536. The Bertz CT molecular complexity index is 898. The molecular weight excluding hydrogens is 446 g/mol. The molecule has 1 atom stereocenters. The van der Waals surface area contributed by atoms with Crippen molar-refractivity contribution in [2.45, 2.75) is 77.5 Å². The number of rotatable bonds is 15. The molecule has 1 unspecified atom stereocenters. The van der Waals surface area contributed by atoms with Gasteiger partial charge < -0.3 is 9.47 Å². The van der Waals surface area contributed by atoms with Crippen molar-refractivity contribution in [1.82, 2.24) is 4.98 Å². The summed E-state index contributed by atoms with van der Waals surface area (Å²) in [6.07, 6.45) is 8.42. The van der Waals surface area contributed by atoms with Crippen molar-refractivity contribution in [3.8, 4) is 11.1 Å². The van der Waals surface area contributed by atoms with Crippen LogP contribution in [0.5, 0.6) is 0 Å². The second kappa shape index (κ2) is 15.5. The van der Waals surface area contributed by atoms with Gasteiger partial charge in [0.25, 0.3) is 0 Å². The summed E-state index contributed by atoms with van der Waals surface area (Å²) in [5.41, 5.74) is 3.30. The van der Waals surface area contributed by atoms with Crippen LogP contribution in [-0.4, -0.2) is 35.9 Å². The van der Waals surface area contributed by atoms with Gasteiger partial charge >= 0.3 is 11.9 Å². The van der Waals surface area contributed by atoms with Crippen LogP contribution in [0.15, 0.2) is 41.4 Å². The Kier molecular flexibility index (Phi) is 12.8. The van der Waals surface area contributed by atoms with Crippen molar-refractivity contribution in [1.29, 1.82) is 0 Å². The lowest BCUT2D eigenvalue weighted by Gasteiger charge is -2.14. The first-order valence-electron chi connectivity index (χ1n) is 12.5. The molecule has 2 rings (SSSR count). The molecule has 2 aromatic rings. The van der Waals surface area contributed by atoms with E-state index in [1.165, 1.54) is 6.42 Å². The van der Waals surface area contributed by atoms with E-state index in [0.29, 0.717) is 36.9 Å². The number of esters is 2. The summed E-state index contributed by atoms with van der Waals surface area (Å²) in [7, 11) is 0. The molecule has 0 spiro atoms. The van der Waals surface area contributed by atoms with E-state index in [-0.39, 0.29) is 11.9 Å². The second-order valence-electron chi connectivity index (χ2n) is 8.62. The molecule has 0 saturated carbocycles. The lowest BCUT2D eigenvalue weighted by atomic mass is 10.0. The molecule has 5 nitrogen and oxygen atoms in total. The van der Waals surface area contributed by atoms with Crippen molar-refractivity contribution < 1.29 is 19.1 Å². The molecule has 0 N–H and O–H groups in total. The average Bonchev–Trinajstić information content (AvgIpc) is 2.84. The number of thioether (sulfide) groups is 1. The molecule has 1 aromatic carbocycles. The van der Waals surface area contributed by atoms with Crippen molar-refractivity contribution in [2.75, 3.05) is 19.0 Å². The number of benzene rings is 1. The zero-order chi connectivity index (χ0) is 24.8. The lowest BCUT2D eigenvalue weighted by molar-refractivity contribution is -0.144. The maximum Gasteiger partial charge on any atom is 0.338 e. The van der Waals surface area contributed by atoms with Gasteiger partial charge in [0, 0.05) is 28.1 Å². The molecule has 1 heterocycles. The van der Waals surface area contributed by atoms with Crippen LogP contribution in [0.1, 0.15) is 81.8 Å². The van der Waals surface area contributed by atoms with Crippen LogP contribution in [0, 0.1) is 12.8 Å². The molecule has 186 valence electrons. The first-order chi connectivity index (χ1) is 16.5. The molecule has 0 amide bonds. The summed E-state index contributed by atoms with van der Waals surface area (Å²) in [6, 6.07) is 9.67. The molecule has 0 aliphatic heterocycles. The maximum absolute atomic E-state index is 12.6. The van der Waals surface area contributed by atoms with Gasteiger partial charge in [0.2, 0.25) is 0 Å². The number of carbonyl (C=O) groups excluding carboxylic acids is 2. The van der Waals surface area contributed by atoms with E-state index in [2.05, 4.69) is 25.8 Å². The van der Waals surface area contributed by atoms with Crippen LogP contribution in [-0.2, 0) is 14.3 Å². The topological polar surface area (TPSA) is 65.5 Å². The first kappa shape index (κ1) is 27.9. The molecule has 0 bridgehead atoms. The van der Waals surface area contributed by atoms with Crippen LogP contribution >= 0.6 is 11.8 Å². The van der Waals surface area contributed by atoms with E-state index in [9.17, 15) is 9.59 Å². The van der Waals surface area contributed by atoms with Gasteiger partial charge in [0.15, 0.2) is 0 Å². The number of hydrogen-bond donors (Lipinski definition) is 0. The molecule has 34 heavy (non-hydrogen) atoms. The molecular formula is C28H39NO4S. The Hall–Kier alpha value is -2.34. The van der Waals surface area contributed by atoms with E-state index in [0.717, 1.165) is 53.8 Å². The Morgan fingerprint density at radius 2 is 1.79 bits per heavy atom. The normalized spacial score (nSPS) is 11.8. The molecule has 1 aromatic heterocycles. The third-order valence-corrected chi connectivity index (χ3v) is 6.69.